The first-order valence-electron chi connectivity index (χ1n) is 5.22. The number of nitrogens with one attached hydrogen (secondary N) is 1. The van der Waals surface area contributed by atoms with Gasteiger partial charge in [0, 0.05) is 5.02 Å². The first kappa shape index (κ1) is 14.0. The highest BCUT2D eigenvalue weighted by Crippen LogP contribution is 2.29. The Balaban J connectivity index is 2.44. The van der Waals surface area contributed by atoms with Crippen LogP contribution < -0.4 is 10.5 Å². The Kier molecular flexibility index (Phi) is 3.89. The zero-order valence-electron chi connectivity index (χ0n) is 9.60. The molecule has 0 heterocycles. The summed E-state index contributed by atoms with van der Waals surface area (Å²) in [7, 11) is -3.86. The van der Waals surface area contributed by atoms with Gasteiger partial charge >= 0.3 is 0 Å². The van der Waals surface area contributed by atoms with Crippen molar-refractivity contribution in [3.63, 3.8) is 0 Å². The highest BCUT2D eigenvalue weighted by atomic mass is 35.5. The lowest BCUT2D eigenvalue weighted by Crippen LogP contribution is -2.15. The van der Waals surface area contributed by atoms with Crippen LogP contribution in [-0.4, -0.2) is 8.42 Å². The van der Waals surface area contributed by atoms with Gasteiger partial charge in [-0.15, -0.1) is 0 Å². The van der Waals surface area contributed by atoms with Crippen LogP contribution >= 0.6 is 23.2 Å². The fraction of sp³-hybridized carbons (Fsp3) is 0. The molecule has 0 atom stereocenters. The number of sulfonamides is 1. The van der Waals surface area contributed by atoms with Crippen LogP contribution in [0.15, 0.2) is 47.4 Å². The van der Waals surface area contributed by atoms with E-state index in [1.165, 1.54) is 18.2 Å². The second-order valence-corrected chi connectivity index (χ2v) is 6.24. The normalized spacial score (nSPS) is 11.3. The fourth-order valence-corrected chi connectivity index (χ4v) is 3.49. The molecule has 2 aromatic carbocycles. The molecule has 19 heavy (non-hydrogen) atoms. The molecule has 0 aliphatic carbocycles. The Bertz CT molecular complexity index is 697. The second kappa shape index (κ2) is 5.28. The minimum absolute atomic E-state index is 0.0644. The van der Waals surface area contributed by atoms with Crippen molar-refractivity contribution in [3.8, 4) is 0 Å². The minimum atomic E-state index is -3.86. The van der Waals surface area contributed by atoms with Crippen molar-refractivity contribution < 1.29 is 8.42 Å². The molecule has 0 saturated heterocycles. The average molecular weight is 317 g/mol. The van der Waals surface area contributed by atoms with Gasteiger partial charge in [-0.2, -0.15) is 0 Å². The molecule has 0 radical (unpaired) electrons. The van der Waals surface area contributed by atoms with Crippen molar-refractivity contribution in [2.75, 3.05) is 10.5 Å². The fourth-order valence-electron chi connectivity index (χ4n) is 1.57. The lowest BCUT2D eigenvalue weighted by Gasteiger charge is -2.11. The van der Waals surface area contributed by atoms with E-state index in [4.69, 9.17) is 28.9 Å². The van der Waals surface area contributed by atoms with Crippen LogP contribution in [0.4, 0.5) is 11.4 Å². The quantitative estimate of drug-likeness (QED) is 0.853. The predicted octanol–water partition coefficient (Wildman–Crippen LogP) is 3.38. The van der Waals surface area contributed by atoms with E-state index in [0.29, 0.717) is 10.7 Å². The maximum absolute atomic E-state index is 12.2. The van der Waals surface area contributed by atoms with Crippen molar-refractivity contribution in [2.45, 2.75) is 4.90 Å². The molecule has 0 aliphatic rings. The number of hydrogen-bond acceptors (Lipinski definition) is 3. The Hall–Kier alpha value is -1.43. The van der Waals surface area contributed by atoms with E-state index >= 15 is 0 Å². The summed E-state index contributed by atoms with van der Waals surface area (Å²) in [4.78, 5) is -0.142. The zero-order chi connectivity index (χ0) is 14.0. The molecule has 0 fully saturated rings. The summed E-state index contributed by atoms with van der Waals surface area (Å²) in [6, 6.07) is 10.9. The van der Waals surface area contributed by atoms with Crippen LogP contribution in [0.3, 0.4) is 0 Å². The third-order valence-electron chi connectivity index (χ3n) is 2.34. The molecule has 4 nitrogen and oxygen atoms in total. The molecule has 100 valence electrons. The second-order valence-electron chi connectivity index (χ2n) is 3.77. The van der Waals surface area contributed by atoms with Crippen molar-refractivity contribution in [1.29, 1.82) is 0 Å². The SMILES string of the molecule is Nc1cccc(Cl)c1S(=O)(=O)Nc1cccc(Cl)c1. The topological polar surface area (TPSA) is 72.2 Å². The van der Waals surface area contributed by atoms with Gasteiger partial charge in [0.05, 0.1) is 16.4 Å². The first-order valence-corrected chi connectivity index (χ1v) is 7.46. The number of rotatable bonds is 3. The van der Waals surface area contributed by atoms with Gasteiger partial charge in [-0.25, -0.2) is 8.42 Å². The molecule has 0 aromatic heterocycles. The first-order chi connectivity index (χ1) is 8.90. The lowest BCUT2D eigenvalue weighted by molar-refractivity contribution is 0.601. The van der Waals surface area contributed by atoms with Gasteiger partial charge in [-0.1, -0.05) is 35.3 Å². The molecule has 0 spiro atoms. The van der Waals surface area contributed by atoms with E-state index in [0.717, 1.165) is 0 Å². The molecular formula is C12H10Cl2N2O2S. The van der Waals surface area contributed by atoms with Gasteiger partial charge in [0.2, 0.25) is 0 Å². The molecule has 2 rings (SSSR count). The van der Waals surface area contributed by atoms with Gasteiger partial charge < -0.3 is 5.73 Å². The maximum atomic E-state index is 12.2. The van der Waals surface area contributed by atoms with E-state index in [1.54, 1.807) is 24.3 Å². The van der Waals surface area contributed by atoms with Crippen molar-refractivity contribution in [1.82, 2.24) is 0 Å². The lowest BCUT2D eigenvalue weighted by atomic mass is 10.3. The smallest absolute Gasteiger partial charge is 0.265 e. The summed E-state index contributed by atoms with van der Waals surface area (Å²) < 4.78 is 26.9. The highest BCUT2D eigenvalue weighted by Gasteiger charge is 2.21. The number of hydrogen-bond donors (Lipinski definition) is 2. The van der Waals surface area contributed by atoms with Crippen LogP contribution in [-0.2, 0) is 10.0 Å². The summed E-state index contributed by atoms with van der Waals surface area (Å²) in [5.41, 5.74) is 6.09. The van der Waals surface area contributed by atoms with E-state index in [1.807, 2.05) is 0 Å². The van der Waals surface area contributed by atoms with E-state index in [9.17, 15) is 8.42 Å². The number of halogens is 2. The Morgan fingerprint density at radius 2 is 1.74 bits per heavy atom. The van der Waals surface area contributed by atoms with Gasteiger partial charge in [0.15, 0.2) is 0 Å². The minimum Gasteiger partial charge on any atom is -0.398 e. The molecular weight excluding hydrogens is 307 g/mol. The van der Waals surface area contributed by atoms with Crippen LogP contribution in [0, 0.1) is 0 Å². The summed E-state index contributed by atoms with van der Waals surface area (Å²) in [5, 5.41) is 0.488. The van der Waals surface area contributed by atoms with Crippen molar-refractivity contribution >= 4 is 44.6 Å². The zero-order valence-corrected chi connectivity index (χ0v) is 11.9. The van der Waals surface area contributed by atoms with Crippen LogP contribution in [0.1, 0.15) is 0 Å². The Morgan fingerprint density at radius 1 is 1.05 bits per heavy atom. The summed E-state index contributed by atoms with van der Waals surface area (Å²) in [6.07, 6.45) is 0. The number of anilines is 2. The van der Waals surface area contributed by atoms with E-state index in [-0.39, 0.29) is 15.6 Å². The number of benzene rings is 2. The highest BCUT2D eigenvalue weighted by molar-refractivity contribution is 7.93. The van der Waals surface area contributed by atoms with Gasteiger partial charge in [0.1, 0.15) is 4.90 Å². The third-order valence-corrected chi connectivity index (χ3v) is 4.50. The molecule has 0 unspecified atom stereocenters. The van der Waals surface area contributed by atoms with Gasteiger partial charge in [-0.3, -0.25) is 4.72 Å². The molecule has 7 heteroatoms. The van der Waals surface area contributed by atoms with Gasteiger partial charge in [-0.05, 0) is 30.3 Å². The van der Waals surface area contributed by atoms with Crippen LogP contribution in [0.2, 0.25) is 10.0 Å². The Labute approximate surface area is 121 Å². The number of nitrogen functional groups attached to an aromatic ring is 1. The largest absolute Gasteiger partial charge is 0.398 e. The molecule has 0 saturated carbocycles. The standard InChI is InChI=1S/C12H10Cl2N2O2S/c13-8-3-1-4-9(7-8)16-19(17,18)12-10(14)5-2-6-11(12)15/h1-7,16H,15H2. The monoisotopic (exact) mass is 316 g/mol. The molecule has 2 aromatic rings. The Morgan fingerprint density at radius 3 is 2.37 bits per heavy atom. The molecule has 0 bridgehead atoms. The van der Waals surface area contributed by atoms with Crippen molar-refractivity contribution in [2.24, 2.45) is 0 Å². The maximum Gasteiger partial charge on any atom is 0.265 e. The molecule has 3 N–H and O–H groups in total. The summed E-state index contributed by atoms with van der Waals surface area (Å²) >= 11 is 11.7. The molecule has 0 aliphatic heterocycles. The predicted molar refractivity (Wildman–Crippen MR) is 78.1 cm³/mol. The van der Waals surface area contributed by atoms with Crippen LogP contribution in [0.25, 0.3) is 0 Å². The summed E-state index contributed by atoms with van der Waals surface area (Å²) in [5.74, 6) is 0. The average Bonchev–Trinajstić information content (AvgIpc) is 2.27. The van der Waals surface area contributed by atoms with E-state index < -0.39 is 10.0 Å². The van der Waals surface area contributed by atoms with E-state index in [2.05, 4.69) is 4.72 Å². The van der Waals surface area contributed by atoms with Crippen molar-refractivity contribution in [3.05, 3.63) is 52.5 Å². The number of nitrogens with two attached hydrogens (primary N) is 1. The summed E-state index contributed by atoms with van der Waals surface area (Å²) in [6.45, 7) is 0. The van der Waals surface area contributed by atoms with Gasteiger partial charge in [0.25, 0.3) is 10.0 Å². The van der Waals surface area contributed by atoms with Crippen LogP contribution in [0.5, 0.6) is 0 Å². The molecule has 0 amide bonds. The third kappa shape index (κ3) is 3.12.